The molecule has 3 aromatic rings. The van der Waals surface area contributed by atoms with Crippen LogP contribution in [-0.2, 0) is 17.8 Å². The summed E-state index contributed by atoms with van der Waals surface area (Å²) in [4.78, 5) is 27.4. The van der Waals surface area contributed by atoms with Gasteiger partial charge in [-0.3, -0.25) is 15.0 Å². The van der Waals surface area contributed by atoms with Crippen LogP contribution in [0.3, 0.4) is 0 Å². The molecule has 0 bridgehead atoms. The average Bonchev–Trinajstić information content (AvgIpc) is 3.43. The van der Waals surface area contributed by atoms with Crippen LogP contribution in [0.4, 0.5) is 4.79 Å². The van der Waals surface area contributed by atoms with Crippen LogP contribution in [0.25, 0.3) is 5.69 Å². The fourth-order valence-corrected chi connectivity index (χ4v) is 5.16. The zero-order valence-corrected chi connectivity index (χ0v) is 18.6. The Labute approximate surface area is 193 Å². The van der Waals surface area contributed by atoms with Crippen LogP contribution in [0.2, 0.25) is 0 Å². The molecule has 170 valence electrons. The molecule has 0 unspecified atom stereocenters. The Morgan fingerprint density at radius 3 is 2.30 bits per heavy atom. The van der Waals surface area contributed by atoms with Crippen molar-refractivity contribution in [2.75, 3.05) is 13.1 Å². The normalized spacial score (nSPS) is 21.7. The number of rotatable bonds is 7. The maximum Gasteiger partial charge on any atom is 0.322 e. The van der Waals surface area contributed by atoms with Gasteiger partial charge in [-0.05, 0) is 62.4 Å². The lowest BCUT2D eigenvalue weighted by Crippen LogP contribution is -2.56. The number of benzene rings is 2. The molecule has 0 radical (unpaired) electrons. The van der Waals surface area contributed by atoms with Gasteiger partial charge in [-0.2, -0.15) is 5.10 Å². The first-order valence-corrected chi connectivity index (χ1v) is 11.6. The first-order chi connectivity index (χ1) is 16.1. The zero-order chi connectivity index (χ0) is 22.7. The minimum Gasteiger partial charge on any atom is -0.323 e. The number of piperidine rings is 1. The summed E-state index contributed by atoms with van der Waals surface area (Å²) in [6.07, 6.45) is 7.11. The fourth-order valence-electron chi connectivity index (χ4n) is 5.16. The second-order valence-electron chi connectivity index (χ2n) is 9.04. The van der Waals surface area contributed by atoms with Crippen LogP contribution in [-0.4, -0.2) is 45.2 Å². The predicted octanol–water partition coefficient (Wildman–Crippen LogP) is 3.30. The van der Waals surface area contributed by atoms with Gasteiger partial charge in [-0.1, -0.05) is 48.5 Å². The molecule has 2 aromatic carbocycles. The summed E-state index contributed by atoms with van der Waals surface area (Å²) in [7, 11) is 0. The summed E-state index contributed by atoms with van der Waals surface area (Å²) in [6.45, 7) is 2.60. The van der Waals surface area contributed by atoms with Crippen LogP contribution >= 0.6 is 0 Å². The number of urea groups is 1. The van der Waals surface area contributed by atoms with Crippen molar-refractivity contribution in [3.63, 3.8) is 0 Å². The van der Waals surface area contributed by atoms with Crippen LogP contribution in [0.15, 0.2) is 73.1 Å². The number of hydrogen-bond donors (Lipinski definition) is 2. The van der Waals surface area contributed by atoms with Gasteiger partial charge >= 0.3 is 6.03 Å². The Balaban J connectivity index is 1.22. The van der Waals surface area contributed by atoms with E-state index in [9.17, 15) is 9.59 Å². The molecule has 33 heavy (non-hydrogen) atoms. The number of nitrogens with zero attached hydrogens (tertiary/aromatic N) is 3. The third-order valence-corrected chi connectivity index (χ3v) is 6.97. The topological polar surface area (TPSA) is 79.3 Å². The Hall–Kier alpha value is -3.45. The molecule has 1 aromatic heterocycles. The molecule has 5 rings (SSSR count). The van der Waals surface area contributed by atoms with Gasteiger partial charge < -0.3 is 5.32 Å². The second-order valence-corrected chi connectivity index (χ2v) is 9.04. The zero-order valence-electron chi connectivity index (χ0n) is 18.6. The molecule has 7 nitrogen and oxygen atoms in total. The molecular formula is C26H29N5O2. The van der Waals surface area contributed by atoms with Crippen molar-refractivity contribution in [3.05, 3.63) is 84.2 Å². The SMILES string of the molecule is O=C1NC(=O)[C@@](CCc2ccccc2)(C2CCN(Cc3cnn(-c4ccccc4)c3)CC2)N1. The molecule has 2 aliphatic heterocycles. The minimum absolute atomic E-state index is 0.121. The number of carbonyl (C=O) groups excluding carboxylic acids is 2. The largest absolute Gasteiger partial charge is 0.323 e. The van der Waals surface area contributed by atoms with Crippen molar-refractivity contribution in [1.29, 1.82) is 0 Å². The van der Waals surface area contributed by atoms with Gasteiger partial charge in [0.1, 0.15) is 5.54 Å². The highest BCUT2D eigenvalue weighted by Gasteiger charge is 2.51. The lowest BCUT2D eigenvalue weighted by atomic mass is 9.74. The fraction of sp³-hybridized carbons (Fsp3) is 0.346. The Bertz CT molecular complexity index is 1110. The van der Waals surface area contributed by atoms with E-state index in [0.717, 1.165) is 44.6 Å². The first kappa shape index (κ1) is 21.4. The van der Waals surface area contributed by atoms with Gasteiger partial charge in [-0.15, -0.1) is 0 Å². The van der Waals surface area contributed by atoms with E-state index in [-0.39, 0.29) is 17.9 Å². The summed E-state index contributed by atoms with van der Waals surface area (Å²) in [5.41, 5.74) is 2.57. The van der Waals surface area contributed by atoms with E-state index < -0.39 is 5.54 Å². The number of nitrogens with one attached hydrogen (secondary N) is 2. The van der Waals surface area contributed by atoms with Gasteiger partial charge in [0.25, 0.3) is 5.91 Å². The number of amides is 3. The molecule has 7 heteroatoms. The van der Waals surface area contributed by atoms with E-state index in [1.54, 1.807) is 0 Å². The molecule has 0 aliphatic carbocycles. The number of imide groups is 1. The van der Waals surface area contributed by atoms with Gasteiger partial charge in [0.15, 0.2) is 0 Å². The number of likely N-dealkylation sites (tertiary alicyclic amines) is 1. The molecule has 0 spiro atoms. The summed E-state index contributed by atoms with van der Waals surface area (Å²) >= 11 is 0. The molecule has 2 saturated heterocycles. The minimum atomic E-state index is -0.822. The van der Waals surface area contributed by atoms with Gasteiger partial charge in [0.2, 0.25) is 0 Å². The molecule has 0 saturated carbocycles. The third-order valence-electron chi connectivity index (χ3n) is 6.97. The average molecular weight is 444 g/mol. The molecule has 2 N–H and O–H groups in total. The summed E-state index contributed by atoms with van der Waals surface area (Å²) in [6, 6.07) is 19.9. The maximum atomic E-state index is 12.9. The Morgan fingerprint density at radius 1 is 0.939 bits per heavy atom. The molecule has 3 amide bonds. The molecular weight excluding hydrogens is 414 g/mol. The highest BCUT2D eigenvalue weighted by molar-refractivity contribution is 6.07. The van der Waals surface area contributed by atoms with E-state index in [2.05, 4.69) is 39.0 Å². The lowest BCUT2D eigenvalue weighted by Gasteiger charge is -2.40. The maximum absolute atomic E-state index is 12.9. The second kappa shape index (κ2) is 9.19. The predicted molar refractivity (Wildman–Crippen MR) is 126 cm³/mol. The van der Waals surface area contributed by atoms with Crippen LogP contribution in [0.5, 0.6) is 0 Å². The molecule has 1 atom stereocenters. The van der Waals surface area contributed by atoms with Crippen molar-refractivity contribution < 1.29 is 9.59 Å². The van der Waals surface area contributed by atoms with E-state index >= 15 is 0 Å². The van der Waals surface area contributed by atoms with E-state index in [1.165, 1.54) is 11.1 Å². The van der Waals surface area contributed by atoms with Crippen molar-refractivity contribution in [3.8, 4) is 5.69 Å². The van der Waals surface area contributed by atoms with Crippen molar-refractivity contribution in [1.82, 2.24) is 25.3 Å². The van der Waals surface area contributed by atoms with Gasteiger partial charge in [0.05, 0.1) is 11.9 Å². The molecule has 2 fully saturated rings. The number of aryl methyl sites for hydroxylation is 1. The van der Waals surface area contributed by atoms with Crippen LogP contribution in [0, 0.1) is 5.92 Å². The van der Waals surface area contributed by atoms with E-state index in [4.69, 9.17) is 0 Å². The van der Waals surface area contributed by atoms with Gasteiger partial charge in [-0.25, -0.2) is 9.48 Å². The third kappa shape index (κ3) is 4.54. The highest BCUT2D eigenvalue weighted by atomic mass is 16.2. The van der Waals surface area contributed by atoms with Crippen molar-refractivity contribution >= 4 is 11.9 Å². The van der Waals surface area contributed by atoms with E-state index in [0.29, 0.717) is 6.42 Å². The number of aromatic nitrogens is 2. The van der Waals surface area contributed by atoms with Crippen LogP contribution in [0.1, 0.15) is 30.4 Å². The number of para-hydroxylation sites is 1. The summed E-state index contributed by atoms with van der Waals surface area (Å²) < 4.78 is 1.90. The quantitative estimate of drug-likeness (QED) is 0.549. The smallest absolute Gasteiger partial charge is 0.322 e. The first-order valence-electron chi connectivity index (χ1n) is 11.6. The number of carbonyl (C=O) groups is 2. The summed E-state index contributed by atoms with van der Waals surface area (Å²) in [5, 5.41) is 10.0. The van der Waals surface area contributed by atoms with Crippen molar-refractivity contribution in [2.24, 2.45) is 5.92 Å². The lowest BCUT2D eigenvalue weighted by molar-refractivity contribution is -0.127. The standard InChI is InChI=1S/C26H29N5O2/c32-24-26(29-25(33)28-24,14-11-20-7-3-1-4-8-20)22-12-15-30(16-13-22)18-21-17-27-31(19-21)23-9-5-2-6-10-23/h1-10,17,19,22H,11-16,18H2,(H2,28,29,32,33)/t26-/m1/s1. The Morgan fingerprint density at radius 2 is 1.64 bits per heavy atom. The molecule has 3 heterocycles. The monoisotopic (exact) mass is 443 g/mol. The molecule has 2 aliphatic rings. The highest BCUT2D eigenvalue weighted by Crippen LogP contribution is 2.35. The number of hydrogen-bond acceptors (Lipinski definition) is 4. The van der Waals surface area contributed by atoms with Gasteiger partial charge in [0, 0.05) is 18.3 Å². The Kier molecular flexibility index (Phi) is 5.96. The van der Waals surface area contributed by atoms with Crippen LogP contribution < -0.4 is 10.6 Å². The summed E-state index contributed by atoms with van der Waals surface area (Å²) in [5.74, 6) is -0.0537. The van der Waals surface area contributed by atoms with E-state index in [1.807, 2.05) is 59.4 Å². The van der Waals surface area contributed by atoms with Crippen molar-refractivity contribution in [2.45, 2.75) is 37.8 Å².